The lowest BCUT2D eigenvalue weighted by molar-refractivity contribution is 0.322. The van der Waals surface area contributed by atoms with Gasteiger partial charge in [-0.1, -0.05) is 36.4 Å². The number of halogens is 1. The van der Waals surface area contributed by atoms with Crippen LogP contribution in [-0.2, 0) is 6.54 Å². The number of fused-ring (bicyclic) bond motifs is 1. The van der Waals surface area contributed by atoms with Gasteiger partial charge in [0.05, 0.1) is 18.6 Å². The van der Waals surface area contributed by atoms with Crippen LogP contribution in [-0.4, -0.2) is 30.6 Å². The molecule has 0 bridgehead atoms. The number of nitrogens with zero attached hydrogens (tertiary/aromatic N) is 2. The molecule has 5 nitrogen and oxygen atoms in total. The number of ether oxygens (including phenoxy) is 1. The first-order valence-electron chi connectivity index (χ1n) is 8.89. The van der Waals surface area contributed by atoms with E-state index in [9.17, 15) is 0 Å². The van der Waals surface area contributed by atoms with Gasteiger partial charge in [0.1, 0.15) is 12.4 Å². The first kappa shape index (κ1) is 21.0. The zero-order chi connectivity index (χ0) is 18.0. The Morgan fingerprint density at radius 1 is 1.00 bits per heavy atom. The van der Waals surface area contributed by atoms with Gasteiger partial charge < -0.3 is 15.4 Å². The summed E-state index contributed by atoms with van der Waals surface area (Å²) in [5, 5.41) is 7.72. The molecule has 0 fully saturated rings. The van der Waals surface area contributed by atoms with Crippen molar-refractivity contribution in [3.05, 3.63) is 72.4 Å². The quantitative estimate of drug-likeness (QED) is 0.235. The molecule has 2 aromatic carbocycles. The number of benzene rings is 2. The molecule has 0 aliphatic carbocycles. The van der Waals surface area contributed by atoms with E-state index in [-0.39, 0.29) is 24.0 Å². The summed E-state index contributed by atoms with van der Waals surface area (Å²) in [7, 11) is 0. The minimum absolute atomic E-state index is 0. The fourth-order valence-electron chi connectivity index (χ4n) is 2.65. The van der Waals surface area contributed by atoms with Crippen LogP contribution in [0.3, 0.4) is 0 Å². The highest BCUT2D eigenvalue weighted by molar-refractivity contribution is 14.0. The lowest BCUT2D eigenvalue weighted by Gasteiger charge is -2.12. The molecule has 0 atom stereocenters. The van der Waals surface area contributed by atoms with Gasteiger partial charge in [-0.25, -0.2) is 4.99 Å². The summed E-state index contributed by atoms with van der Waals surface area (Å²) in [6, 6.07) is 20.0. The number of para-hydroxylation sites is 2. The van der Waals surface area contributed by atoms with Crippen molar-refractivity contribution in [3.63, 3.8) is 0 Å². The Labute approximate surface area is 177 Å². The number of guanidine groups is 1. The zero-order valence-electron chi connectivity index (χ0n) is 15.4. The third-order valence-electron chi connectivity index (χ3n) is 3.90. The maximum Gasteiger partial charge on any atom is 0.191 e. The Bertz CT molecular complexity index is 850. The normalized spacial score (nSPS) is 10.9. The molecular formula is C21H25IN4O. The lowest BCUT2D eigenvalue weighted by atomic mass is 10.1. The summed E-state index contributed by atoms with van der Waals surface area (Å²) in [6.45, 7) is 4.71. The third kappa shape index (κ3) is 6.39. The maximum absolute atomic E-state index is 5.70. The third-order valence-corrected chi connectivity index (χ3v) is 3.90. The second kappa shape index (κ2) is 11.4. The van der Waals surface area contributed by atoms with Gasteiger partial charge in [-0.05, 0) is 36.8 Å². The van der Waals surface area contributed by atoms with Gasteiger partial charge in [0, 0.05) is 18.1 Å². The molecule has 0 spiro atoms. The first-order chi connectivity index (χ1) is 12.9. The van der Waals surface area contributed by atoms with Crippen LogP contribution in [0.25, 0.3) is 10.9 Å². The summed E-state index contributed by atoms with van der Waals surface area (Å²) in [4.78, 5) is 9.09. The predicted molar refractivity (Wildman–Crippen MR) is 122 cm³/mol. The molecular weight excluding hydrogens is 451 g/mol. The molecule has 3 rings (SSSR count). The summed E-state index contributed by atoms with van der Waals surface area (Å²) < 4.78 is 5.70. The van der Waals surface area contributed by atoms with Crippen molar-refractivity contribution in [2.75, 3.05) is 19.7 Å². The molecule has 0 aliphatic heterocycles. The van der Waals surface area contributed by atoms with Crippen molar-refractivity contribution in [1.82, 2.24) is 15.6 Å². The van der Waals surface area contributed by atoms with Gasteiger partial charge in [0.15, 0.2) is 5.96 Å². The zero-order valence-corrected chi connectivity index (χ0v) is 17.7. The summed E-state index contributed by atoms with van der Waals surface area (Å²) >= 11 is 0. The standard InChI is InChI=1S/C21H24N4O.HI/c1-2-22-21(24-14-15-26-18-8-4-3-5-9-18)25-16-17-12-13-23-20-11-7-6-10-19(17)20;/h3-13H,2,14-16H2,1H3,(H2,22,24,25);1H. The van der Waals surface area contributed by atoms with E-state index in [0.29, 0.717) is 19.7 Å². The number of hydrogen-bond acceptors (Lipinski definition) is 3. The Balaban J connectivity index is 0.00000261. The van der Waals surface area contributed by atoms with Crippen molar-refractivity contribution in [2.45, 2.75) is 13.5 Å². The Hall–Kier alpha value is -2.35. The van der Waals surface area contributed by atoms with Gasteiger partial charge >= 0.3 is 0 Å². The van der Waals surface area contributed by atoms with Gasteiger partial charge in [-0.3, -0.25) is 4.98 Å². The van der Waals surface area contributed by atoms with Crippen molar-refractivity contribution < 1.29 is 4.74 Å². The van der Waals surface area contributed by atoms with E-state index >= 15 is 0 Å². The molecule has 0 unspecified atom stereocenters. The number of pyridine rings is 1. The first-order valence-corrected chi connectivity index (χ1v) is 8.89. The number of aromatic nitrogens is 1. The average molecular weight is 476 g/mol. The van der Waals surface area contributed by atoms with E-state index in [1.54, 1.807) is 0 Å². The molecule has 1 heterocycles. The summed E-state index contributed by atoms with van der Waals surface area (Å²) in [5.41, 5.74) is 2.16. The van der Waals surface area contributed by atoms with Crippen LogP contribution in [0.15, 0.2) is 71.9 Å². The molecule has 3 aromatic rings. The van der Waals surface area contributed by atoms with Crippen LogP contribution in [0, 0.1) is 0 Å². The van der Waals surface area contributed by atoms with Gasteiger partial charge in [-0.15, -0.1) is 24.0 Å². The minimum atomic E-state index is 0. The van der Waals surface area contributed by atoms with Crippen molar-refractivity contribution in [3.8, 4) is 5.75 Å². The highest BCUT2D eigenvalue weighted by Gasteiger charge is 2.02. The number of rotatable bonds is 7. The molecule has 0 saturated carbocycles. The number of hydrogen-bond donors (Lipinski definition) is 2. The van der Waals surface area contributed by atoms with E-state index in [1.165, 1.54) is 0 Å². The van der Waals surface area contributed by atoms with E-state index in [2.05, 4.69) is 33.6 Å². The van der Waals surface area contributed by atoms with Crippen LogP contribution >= 0.6 is 24.0 Å². The molecule has 2 N–H and O–H groups in total. The summed E-state index contributed by atoms with van der Waals surface area (Å²) in [6.07, 6.45) is 1.83. The van der Waals surface area contributed by atoms with Gasteiger partial charge in [0.2, 0.25) is 0 Å². The fourth-order valence-corrected chi connectivity index (χ4v) is 2.65. The van der Waals surface area contributed by atoms with Crippen molar-refractivity contribution in [2.24, 2.45) is 4.99 Å². The lowest BCUT2D eigenvalue weighted by Crippen LogP contribution is -2.39. The maximum atomic E-state index is 5.70. The second-order valence-electron chi connectivity index (χ2n) is 5.77. The fraction of sp³-hybridized carbons (Fsp3) is 0.238. The minimum Gasteiger partial charge on any atom is -0.492 e. The summed E-state index contributed by atoms with van der Waals surface area (Å²) in [5.74, 6) is 1.66. The molecule has 6 heteroatoms. The van der Waals surface area contributed by atoms with Crippen LogP contribution < -0.4 is 15.4 Å². The van der Waals surface area contributed by atoms with E-state index in [4.69, 9.17) is 4.74 Å². The molecule has 1 aromatic heterocycles. The van der Waals surface area contributed by atoms with Gasteiger partial charge in [0.25, 0.3) is 0 Å². The monoisotopic (exact) mass is 476 g/mol. The molecule has 142 valence electrons. The Morgan fingerprint density at radius 3 is 2.59 bits per heavy atom. The number of aliphatic imine (C=N–C) groups is 1. The molecule has 0 aliphatic rings. The molecule has 27 heavy (non-hydrogen) atoms. The smallest absolute Gasteiger partial charge is 0.191 e. The number of nitrogens with one attached hydrogen (secondary N) is 2. The van der Waals surface area contributed by atoms with Crippen molar-refractivity contribution >= 4 is 40.8 Å². The Kier molecular flexibility index (Phi) is 8.83. The predicted octanol–water partition coefficient (Wildman–Crippen LogP) is 3.99. The largest absolute Gasteiger partial charge is 0.492 e. The topological polar surface area (TPSA) is 58.5 Å². The molecule has 0 radical (unpaired) electrons. The van der Waals surface area contributed by atoms with Crippen LogP contribution in [0.4, 0.5) is 0 Å². The van der Waals surface area contributed by atoms with Crippen molar-refractivity contribution in [1.29, 1.82) is 0 Å². The molecule has 0 saturated heterocycles. The average Bonchev–Trinajstić information content (AvgIpc) is 2.70. The van der Waals surface area contributed by atoms with E-state index < -0.39 is 0 Å². The van der Waals surface area contributed by atoms with E-state index in [1.807, 2.05) is 60.8 Å². The second-order valence-corrected chi connectivity index (χ2v) is 5.77. The highest BCUT2D eigenvalue weighted by atomic mass is 127. The van der Waals surface area contributed by atoms with Crippen LogP contribution in [0.2, 0.25) is 0 Å². The van der Waals surface area contributed by atoms with Crippen LogP contribution in [0.5, 0.6) is 5.75 Å². The van der Waals surface area contributed by atoms with E-state index in [0.717, 1.165) is 34.7 Å². The Morgan fingerprint density at radius 2 is 1.78 bits per heavy atom. The van der Waals surface area contributed by atoms with Crippen LogP contribution in [0.1, 0.15) is 12.5 Å². The van der Waals surface area contributed by atoms with Gasteiger partial charge in [-0.2, -0.15) is 0 Å². The molecule has 0 amide bonds. The highest BCUT2D eigenvalue weighted by Crippen LogP contribution is 2.16. The SMILES string of the molecule is CCNC(=NCc1ccnc2ccccc12)NCCOc1ccccc1.I.